The number of unbranched alkanes of at least 4 members (excludes halogenated alkanes) is 5. The highest BCUT2D eigenvalue weighted by molar-refractivity contribution is 5.73. The Morgan fingerprint density at radius 1 is 0.857 bits per heavy atom. The predicted octanol–water partition coefficient (Wildman–Crippen LogP) is 6.31. The lowest BCUT2D eigenvalue weighted by atomic mass is 10.1. The van der Waals surface area contributed by atoms with Crippen molar-refractivity contribution in [2.75, 3.05) is 0 Å². The molecule has 0 saturated carbocycles. The van der Waals surface area contributed by atoms with Gasteiger partial charge in [0.15, 0.2) is 0 Å². The van der Waals surface area contributed by atoms with Gasteiger partial charge in [0.05, 0.1) is 6.42 Å². The molecule has 0 bridgehead atoms. The van der Waals surface area contributed by atoms with Gasteiger partial charge in [-0.15, -0.1) is 0 Å². The summed E-state index contributed by atoms with van der Waals surface area (Å²) in [6, 6.07) is -0.307. The maximum Gasteiger partial charge on any atom is 0.407 e. The summed E-state index contributed by atoms with van der Waals surface area (Å²) in [5, 5.41) is 2.82. The minimum Gasteiger partial charge on any atom is -0.460 e. The summed E-state index contributed by atoms with van der Waals surface area (Å²) in [7, 11) is 0. The largest absolute Gasteiger partial charge is 0.460 e. The summed E-state index contributed by atoms with van der Waals surface area (Å²) >= 11 is 0. The fourth-order valence-electron chi connectivity index (χ4n) is 2.68. The third kappa shape index (κ3) is 17.9. The first kappa shape index (κ1) is 26.5. The van der Waals surface area contributed by atoms with E-state index < -0.39 is 17.3 Å². The zero-order valence-electron chi connectivity index (χ0n) is 19.2. The van der Waals surface area contributed by atoms with Gasteiger partial charge in [0, 0.05) is 6.04 Å². The number of carbonyl (C=O) groups is 2. The summed E-state index contributed by atoms with van der Waals surface area (Å²) in [5.41, 5.74) is -1.11. The molecule has 0 spiro atoms. The van der Waals surface area contributed by atoms with Crippen LogP contribution in [0, 0.1) is 0 Å². The number of hydrogen-bond donors (Lipinski definition) is 1. The van der Waals surface area contributed by atoms with Crippen molar-refractivity contribution in [3.63, 3.8) is 0 Å². The molecule has 0 radical (unpaired) electrons. The third-order valence-electron chi connectivity index (χ3n) is 3.88. The molecule has 1 atom stereocenters. The average Bonchev–Trinajstić information content (AvgIpc) is 2.49. The second-order valence-corrected chi connectivity index (χ2v) is 9.39. The Balaban J connectivity index is 4.47. The number of alkyl carbamates (subject to hydrolysis) is 1. The Bertz CT molecular complexity index is 442. The number of carbonyl (C=O) groups excluding carboxylic acids is 2. The molecule has 0 aliphatic heterocycles. The molecule has 1 amide bonds. The molecule has 5 heteroatoms. The van der Waals surface area contributed by atoms with E-state index in [0.717, 1.165) is 12.8 Å². The molecule has 0 aliphatic rings. The van der Waals surface area contributed by atoms with E-state index in [9.17, 15) is 9.59 Å². The lowest BCUT2D eigenvalue weighted by Gasteiger charge is -2.25. The van der Waals surface area contributed by atoms with Crippen LogP contribution in [0.15, 0.2) is 12.2 Å². The lowest BCUT2D eigenvalue weighted by Crippen LogP contribution is -2.41. The molecule has 0 aromatic carbocycles. The van der Waals surface area contributed by atoms with E-state index in [2.05, 4.69) is 24.4 Å². The van der Waals surface area contributed by atoms with Gasteiger partial charge in [-0.05, 0) is 67.2 Å². The quantitative estimate of drug-likeness (QED) is 0.238. The summed E-state index contributed by atoms with van der Waals surface area (Å²) in [6.07, 6.45) is 12.9. The van der Waals surface area contributed by atoms with Crippen molar-refractivity contribution in [3.8, 4) is 0 Å². The van der Waals surface area contributed by atoms with Gasteiger partial charge in [-0.3, -0.25) is 4.79 Å². The van der Waals surface area contributed by atoms with Crippen molar-refractivity contribution in [2.24, 2.45) is 0 Å². The van der Waals surface area contributed by atoms with E-state index in [1.165, 1.54) is 32.1 Å². The van der Waals surface area contributed by atoms with Gasteiger partial charge in [-0.2, -0.15) is 0 Å². The standard InChI is InChI=1S/C23H43NO4/c1-8-9-10-11-12-13-14-15-16-17-19(18-20(25)27-22(2,3)4)24-21(26)28-23(5,6)7/h14-15,19H,8-13,16-18H2,1-7H3,(H,24,26)/b15-14+/t19-/m1/s1. The van der Waals surface area contributed by atoms with Crippen molar-refractivity contribution in [1.29, 1.82) is 0 Å². The highest BCUT2D eigenvalue weighted by Crippen LogP contribution is 2.13. The summed E-state index contributed by atoms with van der Waals surface area (Å²) in [5.74, 6) is -0.312. The van der Waals surface area contributed by atoms with Crippen LogP contribution in [0.2, 0.25) is 0 Å². The van der Waals surface area contributed by atoms with E-state index in [0.29, 0.717) is 6.42 Å². The molecule has 0 unspecified atom stereocenters. The normalized spacial score (nSPS) is 13.4. The smallest absolute Gasteiger partial charge is 0.407 e. The molecule has 0 aliphatic carbocycles. The first-order valence-electron chi connectivity index (χ1n) is 10.8. The van der Waals surface area contributed by atoms with Crippen LogP contribution in [0.4, 0.5) is 4.79 Å². The molecular weight excluding hydrogens is 354 g/mol. The number of esters is 1. The second kappa shape index (κ2) is 13.6. The SMILES string of the molecule is CCCCCCC/C=C/CC[C@H](CC(=O)OC(C)(C)C)NC(=O)OC(C)(C)C. The van der Waals surface area contributed by atoms with Crippen LogP contribution in [-0.4, -0.2) is 29.3 Å². The fourth-order valence-corrected chi connectivity index (χ4v) is 2.68. The van der Waals surface area contributed by atoms with Gasteiger partial charge in [0.1, 0.15) is 11.2 Å². The third-order valence-corrected chi connectivity index (χ3v) is 3.88. The molecule has 5 nitrogen and oxygen atoms in total. The van der Waals surface area contributed by atoms with Crippen molar-refractivity contribution in [2.45, 2.75) is 123 Å². The molecule has 28 heavy (non-hydrogen) atoms. The van der Waals surface area contributed by atoms with Crippen LogP contribution in [0.3, 0.4) is 0 Å². The fraction of sp³-hybridized carbons (Fsp3) is 0.826. The molecule has 1 N–H and O–H groups in total. The molecule has 0 aromatic rings. The number of amides is 1. The Labute approximate surface area is 172 Å². The van der Waals surface area contributed by atoms with E-state index >= 15 is 0 Å². The van der Waals surface area contributed by atoms with Gasteiger partial charge in [0.2, 0.25) is 0 Å². The van der Waals surface area contributed by atoms with Crippen LogP contribution >= 0.6 is 0 Å². The Morgan fingerprint density at radius 3 is 2.00 bits per heavy atom. The number of ether oxygens (including phenoxy) is 2. The van der Waals surface area contributed by atoms with E-state index in [4.69, 9.17) is 9.47 Å². The van der Waals surface area contributed by atoms with Crippen molar-refractivity contribution in [3.05, 3.63) is 12.2 Å². The van der Waals surface area contributed by atoms with Crippen molar-refractivity contribution in [1.82, 2.24) is 5.32 Å². The average molecular weight is 398 g/mol. The first-order chi connectivity index (χ1) is 12.9. The van der Waals surface area contributed by atoms with E-state index in [1.54, 1.807) is 0 Å². The summed E-state index contributed by atoms with van der Waals surface area (Å²) < 4.78 is 10.7. The maximum absolute atomic E-state index is 12.2. The van der Waals surface area contributed by atoms with Gasteiger partial charge in [-0.25, -0.2) is 4.79 Å². The molecular formula is C23H43NO4. The second-order valence-electron chi connectivity index (χ2n) is 9.39. The Kier molecular flexibility index (Phi) is 12.9. The highest BCUT2D eigenvalue weighted by atomic mass is 16.6. The predicted molar refractivity (Wildman–Crippen MR) is 115 cm³/mol. The van der Waals surface area contributed by atoms with E-state index in [1.807, 2.05) is 41.5 Å². The molecule has 0 heterocycles. The zero-order chi connectivity index (χ0) is 21.6. The highest BCUT2D eigenvalue weighted by Gasteiger charge is 2.23. The zero-order valence-corrected chi connectivity index (χ0v) is 19.2. The Hall–Kier alpha value is -1.52. The van der Waals surface area contributed by atoms with Crippen LogP contribution in [0.25, 0.3) is 0 Å². The minimum absolute atomic E-state index is 0.140. The number of hydrogen-bond acceptors (Lipinski definition) is 4. The Morgan fingerprint density at radius 2 is 1.43 bits per heavy atom. The topological polar surface area (TPSA) is 64.6 Å². The summed E-state index contributed by atoms with van der Waals surface area (Å²) in [4.78, 5) is 24.3. The molecule has 0 saturated heterocycles. The molecule has 0 aromatic heterocycles. The van der Waals surface area contributed by atoms with Gasteiger partial charge < -0.3 is 14.8 Å². The maximum atomic E-state index is 12.2. The van der Waals surface area contributed by atoms with Crippen molar-refractivity contribution >= 4 is 12.1 Å². The number of rotatable bonds is 12. The van der Waals surface area contributed by atoms with Gasteiger partial charge >= 0.3 is 12.1 Å². The van der Waals surface area contributed by atoms with Crippen LogP contribution < -0.4 is 5.32 Å². The van der Waals surface area contributed by atoms with Crippen LogP contribution in [0.5, 0.6) is 0 Å². The first-order valence-corrected chi connectivity index (χ1v) is 10.8. The van der Waals surface area contributed by atoms with Crippen molar-refractivity contribution < 1.29 is 19.1 Å². The van der Waals surface area contributed by atoms with Crippen LogP contribution in [0.1, 0.15) is 106 Å². The molecule has 0 rings (SSSR count). The van der Waals surface area contributed by atoms with E-state index in [-0.39, 0.29) is 18.4 Å². The minimum atomic E-state index is -0.571. The van der Waals surface area contributed by atoms with Gasteiger partial charge in [0.25, 0.3) is 0 Å². The lowest BCUT2D eigenvalue weighted by molar-refractivity contribution is -0.155. The molecule has 164 valence electrons. The van der Waals surface area contributed by atoms with Gasteiger partial charge in [-0.1, -0.05) is 44.8 Å². The number of allylic oxidation sites excluding steroid dienone is 2. The number of nitrogens with one attached hydrogen (secondary N) is 1. The van der Waals surface area contributed by atoms with Crippen LogP contribution in [-0.2, 0) is 14.3 Å². The molecule has 0 fully saturated rings. The summed E-state index contributed by atoms with van der Waals surface area (Å²) in [6.45, 7) is 13.2. The monoisotopic (exact) mass is 397 g/mol.